The first-order valence-electron chi connectivity index (χ1n) is 10.3. The van der Waals surface area contributed by atoms with E-state index in [1.807, 2.05) is 35.6 Å². The molecule has 4 rings (SSSR count). The number of ether oxygens (including phenoxy) is 1. The maximum atomic E-state index is 13.3. The Kier molecular flexibility index (Phi) is 5.95. The van der Waals surface area contributed by atoms with Crippen molar-refractivity contribution in [2.24, 2.45) is 0 Å². The summed E-state index contributed by atoms with van der Waals surface area (Å²) in [5.41, 5.74) is 2.64. The van der Waals surface area contributed by atoms with Gasteiger partial charge in [-0.15, -0.1) is 0 Å². The van der Waals surface area contributed by atoms with Crippen LogP contribution in [-0.4, -0.2) is 66.2 Å². The molecule has 1 aromatic heterocycles. The van der Waals surface area contributed by atoms with Crippen LogP contribution in [0.15, 0.2) is 35.4 Å². The Balaban J connectivity index is 1.48. The van der Waals surface area contributed by atoms with E-state index in [-0.39, 0.29) is 38.3 Å². The Hall–Kier alpha value is -2.23. The summed E-state index contributed by atoms with van der Waals surface area (Å²) in [7, 11) is -3.65. The topological polar surface area (TPSA) is 84.7 Å². The van der Waals surface area contributed by atoms with Gasteiger partial charge in [0.1, 0.15) is 6.61 Å². The number of hydrogen-bond donors (Lipinski definition) is 0. The van der Waals surface area contributed by atoms with Crippen molar-refractivity contribution in [2.75, 3.05) is 32.8 Å². The number of fused-ring (bicyclic) bond motifs is 1. The fourth-order valence-electron chi connectivity index (χ4n) is 4.23. The second kappa shape index (κ2) is 8.49. The van der Waals surface area contributed by atoms with Gasteiger partial charge in [-0.25, -0.2) is 8.42 Å². The van der Waals surface area contributed by atoms with Gasteiger partial charge in [0.25, 0.3) is 0 Å². The standard InChI is InChI=1S/C21H28N4O4S/c1-16-9-17(2)11-20(10-16)30(27,28)24-12-18-5-6-22-25(18)19(13-24)14-29-15-21(26)23-7-3-4-8-23/h5-6,9-11,19H,3-4,7-8,12-15H2,1-2H3/t19-/m1/s1. The van der Waals surface area contributed by atoms with E-state index >= 15 is 0 Å². The Bertz CT molecular complexity index is 1010. The summed E-state index contributed by atoms with van der Waals surface area (Å²) in [5, 5.41) is 4.35. The quantitative estimate of drug-likeness (QED) is 0.696. The van der Waals surface area contributed by atoms with Crippen molar-refractivity contribution in [3.63, 3.8) is 0 Å². The molecule has 0 N–H and O–H groups in total. The van der Waals surface area contributed by atoms with Gasteiger partial charge in [0.15, 0.2) is 0 Å². The zero-order chi connectivity index (χ0) is 21.3. The Labute approximate surface area is 177 Å². The number of likely N-dealkylation sites (tertiary alicyclic amines) is 1. The molecule has 0 radical (unpaired) electrons. The number of carbonyl (C=O) groups excluding carboxylic acids is 1. The second-order valence-electron chi connectivity index (χ2n) is 8.14. The first-order chi connectivity index (χ1) is 14.3. The predicted molar refractivity (Wildman–Crippen MR) is 111 cm³/mol. The summed E-state index contributed by atoms with van der Waals surface area (Å²) < 4.78 is 35.6. The molecule has 0 aliphatic carbocycles. The summed E-state index contributed by atoms with van der Waals surface area (Å²) in [6, 6.07) is 6.91. The van der Waals surface area contributed by atoms with Gasteiger partial charge in [0.05, 0.1) is 29.8 Å². The summed E-state index contributed by atoms with van der Waals surface area (Å²) in [6.07, 6.45) is 3.75. The molecular formula is C21H28N4O4S. The number of nitrogens with zero attached hydrogens (tertiary/aromatic N) is 4. The van der Waals surface area contributed by atoms with Crippen molar-refractivity contribution in [1.82, 2.24) is 19.0 Å². The average Bonchev–Trinajstić information content (AvgIpc) is 3.39. The van der Waals surface area contributed by atoms with Crippen LogP contribution < -0.4 is 0 Å². The normalized spacial score (nSPS) is 19.8. The lowest BCUT2D eigenvalue weighted by atomic mass is 10.2. The van der Waals surface area contributed by atoms with Crippen LogP contribution in [0.4, 0.5) is 0 Å². The van der Waals surface area contributed by atoms with Gasteiger partial charge in [-0.2, -0.15) is 9.40 Å². The van der Waals surface area contributed by atoms with Gasteiger partial charge >= 0.3 is 0 Å². The number of amides is 1. The third-order valence-electron chi connectivity index (χ3n) is 5.68. The van der Waals surface area contributed by atoms with E-state index in [1.165, 1.54) is 4.31 Å². The Morgan fingerprint density at radius 1 is 1.17 bits per heavy atom. The molecule has 2 aliphatic rings. The molecule has 1 aromatic carbocycles. The molecule has 0 saturated carbocycles. The minimum Gasteiger partial charge on any atom is -0.369 e. The van der Waals surface area contributed by atoms with Crippen molar-refractivity contribution < 1.29 is 17.9 Å². The van der Waals surface area contributed by atoms with Gasteiger partial charge in [-0.1, -0.05) is 6.07 Å². The lowest BCUT2D eigenvalue weighted by molar-refractivity contribution is -0.135. The molecule has 0 bridgehead atoms. The van der Waals surface area contributed by atoms with E-state index in [1.54, 1.807) is 18.3 Å². The maximum absolute atomic E-state index is 13.3. The first-order valence-corrected chi connectivity index (χ1v) is 11.7. The molecule has 9 heteroatoms. The van der Waals surface area contributed by atoms with Gasteiger partial charge in [-0.05, 0) is 56.0 Å². The minimum atomic E-state index is -3.65. The monoisotopic (exact) mass is 432 g/mol. The lowest BCUT2D eigenvalue weighted by Gasteiger charge is -2.33. The number of sulfonamides is 1. The number of hydrogen-bond acceptors (Lipinski definition) is 5. The zero-order valence-electron chi connectivity index (χ0n) is 17.5. The maximum Gasteiger partial charge on any atom is 0.248 e. The highest BCUT2D eigenvalue weighted by Crippen LogP contribution is 2.27. The molecule has 1 amide bonds. The molecule has 30 heavy (non-hydrogen) atoms. The van der Waals surface area contributed by atoms with Crippen LogP contribution in [0.3, 0.4) is 0 Å². The van der Waals surface area contributed by atoms with Crippen LogP contribution in [0.25, 0.3) is 0 Å². The third-order valence-corrected chi connectivity index (χ3v) is 7.47. The number of aryl methyl sites for hydroxylation is 2. The van der Waals surface area contributed by atoms with Gasteiger partial charge in [-0.3, -0.25) is 9.48 Å². The van der Waals surface area contributed by atoms with Crippen LogP contribution >= 0.6 is 0 Å². The molecule has 8 nitrogen and oxygen atoms in total. The molecule has 1 saturated heterocycles. The van der Waals surface area contributed by atoms with Crippen molar-refractivity contribution in [3.05, 3.63) is 47.3 Å². The van der Waals surface area contributed by atoms with Crippen molar-refractivity contribution in [3.8, 4) is 0 Å². The fourth-order valence-corrected chi connectivity index (χ4v) is 5.87. The average molecular weight is 433 g/mol. The zero-order valence-corrected chi connectivity index (χ0v) is 18.3. The summed E-state index contributed by atoms with van der Waals surface area (Å²) >= 11 is 0. The smallest absolute Gasteiger partial charge is 0.248 e. The van der Waals surface area contributed by atoms with Crippen LogP contribution in [-0.2, 0) is 26.1 Å². The SMILES string of the molecule is Cc1cc(C)cc(S(=O)(=O)N2Cc3ccnn3[C@@H](COCC(=O)N3CCCC3)C2)c1. The predicted octanol–water partition coefficient (Wildman–Crippen LogP) is 1.88. The van der Waals surface area contributed by atoms with E-state index in [0.29, 0.717) is 4.90 Å². The van der Waals surface area contributed by atoms with Gasteiger partial charge < -0.3 is 9.64 Å². The molecule has 3 heterocycles. The molecule has 0 unspecified atom stereocenters. The second-order valence-corrected chi connectivity index (χ2v) is 10.1. The summed E-state index contributed by atoms with van der Waals surface area (Å²) in [5.74, 6) is -0.0105. The van der Waals surface area contributed by atoms with Crippen LogP contribution in [0.1, 0.15) is 35.7 Å². The molecule has 162 valence electrons. The third kappa shape index (κ3) is 4.28. The number of carbonyl (C=O) groups is 1. The Morgan fingerprint density at radius 3 is 2.57 bits per heavy atom. The van der Waals surface area contributed by atoms with E-state index in [4.69, 9.17) is 4.74 Å². The molecule has 1 fully saturated rings. The summed E-state index contributed by atoms with van der Waals surface area (Å²) in [6.45, 7) is 6.12. The number of benzene rings is 1. The first kappa shape index (κ1) is 21.0. The molecular weight excluding hydrogens is 404 g/mol. The van der Waals surface area contributed by atoms with E-state index in [2.05, 4.69) is 5.10 Å². The summed E-state index contributed by atoms with van der Waals surface area (Å²) in [4.78, 5) is 14.3. The number of rotatable bonds is 6. The highest BCUT2D eigenvalue weighted by Gasteiger charge is 2.34. The van der Waals surface area contributed by atoms with Crippen molar-refractivity contribution in [2.45, 2.75) is 44.2 Å². The highest BCUT2D eigenvalue weighted by atomic mass is 32.2. The Morgan fingerprint density at radius 2 is 1.87 bits per heavy atom. The van der Waals surface area contributed by atoms with Crippen molar-refractivity contribution in [1.29, 1.82) is 0 Å². The molecule has 2 aliphatic heterocycles. The molecule has 0 spiro atoms. The largest absolute Gasteiger partial charge is 0.369 e. The highest BCUT2D eigenvalue weighted by molar-refractivity contribution is 7.89. The number of aromatic nitrogens is 2. The van der Waals surface area contributed by atoms with Crippen LogP contribution in [0.2, 0.25) is 0 Å². The molecule has 2 aromatic rings. The van der Waals surface area contributed by atoms with Crippen molar-refractivity contribution >= 4 is 15.9 Å². The van der Waals surface area contributed by atoms with Crippen LogP contribution in [0.5, 0.6) is 0 Å². The molecule has 1 atom stereocenters. The van der Waals surface area contributed by atoms with Gasteiger partial charge in [0, 0.05) is 25.8 Å². The fraction of sp³-hybridized carbons (Fsp3) is 0.524. The van der Waals surface area contributed by atoms with E-state index < -0.39 is 10.0 Å². The van der Waals surface area contributed by atoms with E-state index in [9.17, 15) is 13.2 Å². The van der Waals surface area contributed by atoms with E-state index in [0.717, 1.165) is 42.8 Å². The van der Waals surface area contributed by atoms with Gasteiger partial charge in [0.2, 0.25) is 15.9 Å². The van der Waals surface area contributed by atoms with Crippen LogP contribution in [0, 0.1) is 13.8 Å². The lowest BCUT2D eigenvalue weighted by Crippen LogP contribution is -2.43. The minimum absolute atomic E-state index is 0.0105.